The van der Waals surface area contributed by atoms with Gasteiger partial charge in [0, 0.05) is 27.6 Å². The van der Waals surface area contributed by atoms with Crippen LogP contribution in [0.2, 0.25) is 0 Å². The van der Waals surface area contributed by atoms with Gasteiger partial charge in [0.2, 0.25) is 0 Å². The predicted molar refractivity (Wildman–Crippen MR) is 194 cm³/mol. The highest BCUT2D eigenvalue weighted by Crippen LogP contribution is 2.55. The van der Waals surface area contributed by atoms with Gasteiger partial charge in [0.1, 0.15) is 0 Å². The van der Waals surface area contributed by atoms with E-state index < -0.39 is 0 Å². The summed E-state index contributed by atoms with van der Waals surface area (Å²) in [4.78, 5) is 9.99. The Morgan fingerprint density at radius 2 is 1.11 bits per heavy atom. The molecule has 2 aromatic heterocycles. The van der Waals surface area contributed by atoms with Gasteiger partial charge in [-0.15, -0.1) is 0 Å². The number of aryl methyl sites for hydroxylation is 2. The van der Waals surface area contributed by atoms with Crippen molar-refractivity contribution >= 4 is 21.8 Å². The molecule has 0 fully saturated rings. The Kier molecular flexibility index (Phi) is 9.98. The van der Waals surface area contributed by atoms with E-state index in [4.69, 9.17) is 9.97 Å². The number of rotatable bonds is 15. The van der Waals surface area contributed by atoms with Crippen LogP contribution in [0.1, 0.15) is 126 Å². The highest BCUT2D eigenvalue weighted by atomic mass is 14.8. The second-order valence-corrected chi connectivity index (χ2v) is 13.7. The molecule has 1 aliphatic rings. The Hall–Kier alpha value is -3.52. The molecule has 0 saturated heterocycles. The lowest BCUT2D eigenvalue weighted by Crippen LogP contribution is -2.25. The van der Waals surface area contributed by atoms with Gasteiger partial charge in [0.05, 0.1) is 11.0 Å². The van der Waals surface area contributed by atoms with Gasteiger partial charge in [-0.05, 0) is 84.3 Å². The zero-order valence-electron chi connectivity index (χ0n) is 28.2. The first kappa shape index (κ1) is 31.5. The van der Waals surface area contributed by atoms with Crippen molar-refractivity contribution in [1.82, 2.24) is 9.97 Å². The van der Waals surface area contributed by atoms with E-state index >= 15 is 0 Å². The molecule has 6 rings (SSSR count). The van der Waals surface area contributed by atoms with E-state index in [1.165, 1.54) is 118 Å². The highest BCUT2D eigenvalue weighted by molar-refractivity contribution is 6.10. The minimum absolute atomic E-state index is 0.0810. The number of pyridine rings is 2. The number of aromatic nitrogens is 2. The van der Waals surface area contributed by atoms with Gasteiger partial charge in [-0.1, -0.05) is 139 Å². The summed E-state index contributed by atoms with van der Waals surface area (Å²) < 4.78 is 0. The lowest BCUT2D eigenvalue weighted by molar-refractivity contribution is 0.398. The van der Waals surface area contributed by atoms with Crippen LogP contribution < -0.4 is 0 Å². The highest BCUT2D eigenvalue weighted by Gasteiger charge is 2.42. The number of fused-ring (bicyclic) bond motifs is 6. The topological polar surface area (TPSA) is 25.8 Å². The fourth-order valence-corrected chi connectivity index (χ4v) is 8.00. The second-order valence-electron chi connectivity index (χ2n) is 13.7. The molecule has 0 atom stereocenters. The maximum absolute atomic E-state index is 5.04. The molecule has 45 heavy (non-hydrogen) atoms. The maximum Gasteiger partial charge on any atom is 0.0974 e. The molecule has 0 saturated carbocycles. The molecule has 0 bridgehead atoms. The molecule has 0 N–H and O–H groups in total. The van der Waals surface area contributed by atoms with Gasteiger partial charge < -0.3 is 0 Å². The first-order valence-corrected chi connectivity index (χ1v) is 18.0. The number of hydrogen-bond donors (Lipinski definition) is 0. The van der Waals surface area contributed by atoms with Crippen molar-refractivity contribution < 1.29 is 0 Å². The molecular weight excluding hydrogens is 544 g/mol. The van der Waals surface area contributed by atoms with Crippen molar-refractivity contribution in [2.75, 3.05) is 0 Å². The van der Waals surface area contributed by atoms with Crippen LogP contribution in [0.3, 0.4) is 0 Å². The smallest absolute Gasteiger partial charge is 0.0974 e. The van der Waals surface area contributed by atoms with E-state index in [0.717, 1.165) is 27.8 Å². The lowest BCUT2D eigenvalue weighted by Gasteiger charge is -2.33. The van der Waals surface area contributed by atoms with Crippen molar-refractivity contribution in [3.63, 3.8) is 0 Å². The molecule has 1 aliphatic carbocycles. The van der Waals surface area contributed by atoms with E-state index in [1.54, 1.807) is 11.1 Å². The second kappa shape index (κ2) is 14.3. The summed E-state index contributed by atoms with van der Waals surface area (Å²) in [7, 11) is 0. The first-order valence-electron chi connectivity index (χ1n) is 18.0. The quantitative estimate of drug-likeness (QED) is 0.0887. The van der Waals surface area contributed by atoms with Gasteiger partial charge >= 0.3 is 0 Å². The SMILES string of the molecule is CCCCCCCCC1(CCCCCCCC)c2ccccc2-c2ccc(-c3cc4ccc(C)nc4c4nc(C)ccc34)cc21. The molecule has 234 valence electrons. The minimum atomic E-state index is 0.0810. The van der Waals surface area contributed by atoms with E-state index in [0.29, 0.717) is 0 Å². The Balaban J connectivity index is 1.45. The molecule has 0 aliphatic heterocycles. The van der Waals surface area contributed by atoms with Crippen LogP contribution >= 0.6 is 0 Å². The first-order chi connectivity index (χ1) is 22.1. The van der Waals surface area contributed by atoms with Crippen LogP contribution in [-0.2, 0) is 5.41 Å². The number of unbranched alkanes of at least 4 members (excludes halogenated alkanes) is 10. The fourth-order valence-electron chi connectivity index (χ4n) is 8.00. The summed E-state index contributed by atoms with van der Waals surface area (Å²) in [5.74, 6) is 0. The average molecular weight is 597 g/mol. The summed E-state index contributed by atoms with van der Waals surface area (Å²) in [6.07, 6.45) is 18.5. The Morgan fingerprint density at radius 1 is 0.511 bits per heavy atom. The van der Waals surface area contributed by atoms with Crippen LogP contribution in [0.4, 0.5) is 0 Å². The fraction of sp³-hybridized carbons (Fsp3) is 0.442. The Bertz CT molecular complexity index is 1750. The molecule has 0 amide bonds. The van der Waals surface area contributed by atoms with Gasteiger partial charge in [-0.3, -0.25) is 9.97 Å². The van der Waals surface area contributed by atoms with Crippen LogP contribution in [0.15, 0.2) is 72.8 Å². The summed E-state index contributed by atoms with van der Waals surface area (Å²) in [5.41, 5.74) is 12.8. The van der Waals surface area contributed by atoms with E-state index in [2.05, 4.69) is 100 Å². The Labute approximate surface area is 271 Å². The Morgan fingerprint density at radius 3 is 1.82 bits per heavy atom. The molecule has 0 radical (unpaired) electrons. The van der Waals surface area contributed by atoms with E-state index in [1.807, 2.05) is 0 Å². The van der Waals surface area contributed by atoms with Gasteiger partial charge in [0.15, 0.2) is 0 Å². The summed E-state index contributed by atoms with van der Waals surface area (Å²) in [6, 6.07) is 27.8. The molecular formula is C43H52N2. The average Bonchev–Trinajstić information content (AvgIpc) is 3.33. The normalized spacial score (nSPS) is 13.4. The number of nitrogens with zero attached hydrogens (tertiary/aromatic N) is 2. The molecule has 5 aromatic rings. The molecule has 3 aromatic carbocycles. The number of benzene rings is 3. The van der Waals surface area contributed by atoms with Crippen LogP contribution in [-0.4, -0.2) is 9.97 Å². The monoisotopic (exact) mass is 596 g/mol. The van der Waals surface area contributed by atoms with Crippen molar-refractivity contribution in [3.05, 3.63) is 95.3 Å². The third-order valence-electron chi connectivity index (χ3n) is 10.4. The standard InChI is InChI=1S/C43H52N2/c1-5-7-9-11-13-17-27-43(28-18-14-12-10-8-6-2)39-20-16-15-19-35(39)36-26-24-33(30-40(36)43)38-29-34-23-21-31(3)44-41(34)42-37(38)25-22-32(4)45-42/h15-16,19-26,29-30H,5-14,17-18,27-28H2,1-4H3. The zero-order chi connectivity index (χ0) is 31.2. The van der Waals surface area contributed by atoms with Crippen molar-refractivity contribution in [2.24, 2.45) is 0 Å². The zero-order valence-corrected chi connectivity index (χ0v) is 28.2. The summed E-state index contributed by atoms with van der Waals surface area (Å²) in [5, 5.41) is 2.36. The summed E-state index contributed by atoms with van der Waals surface area (Å²) in [6.45, 7) is 8.78. The largest absolute Gasteiger partial charge is 0.251 e. The van der Waals surface area contributed by atoms with Gasteiger partial charge in [0.25, 0.3) is 0 Å². The third-order valence-corrected chi connectivity index (χ3v) is 10.4. The summed E-state index contributed by atoms with van der Waals surface area (Å²) >= 11 is 0. The molecule has 0 spiro atoms. The van der Waals surface area contributed by atoms with Crippen molar-refractivity contribution in [2.45, 2.75) is 123 Å². The van der Waals surface area contributed by atoms with E-state index in [9.17, 15) is 0 Å². The van der Waals surface area contributed by atoms with Crippen LogP contribution in [0.5, 0.6) is 0 Å². The van der Waals surface area contributed by atoms with Gasteiger partial charge in [-0.2, -0.15) is 0 Å². The van der Waals surface area contributed by atoms with Crippen molar-refractivity contribution in [1.29, 1.82) is 0 Å². The predicted octanol–water partition coefficient (Wildman–Crippen LogP) is 12.8. The maximum atomic E-state index is 5.04. The van der Waals surface area contributed by atoms with Crippen LogP contribution in [0, 0.1) is 13.8 Å². The molecule has 0 unspecified atom stereocenters. The third kappa shape index (κ3) is 6.44. The molecule has 2 heterocycles. The van der Waals surface area contributed by atoms with E-state index in [-0.39, 0.29) is 5.41 Å². The minimum Gasteiger partial charge on any atom is -0.251 e. The van der Waals surface area contributed by atoms with Gasteiger partial charge in [-0.25, -0.2) is 0 Å². The molecule has 2 heteroatoms. The number of hydrogen-bond acceptors (Lipinski definition) is 2. The van der Waals surface area contributed by atoms with Crippen LogP contribution in [0.25, 0.3) is 44.1 Å². The molecule has 2 nitrogen and oxygen atoms in total. The lowest BCUT2D eigenvalue weighted by atomic mass is 9.70. The van der Waals surface area contributed by atoms with Crippen molar-refractivity contribution in [3.8, 4) is 22.3 Å².